The lowest BCUT2D eigenvalue weighted by molar-refractivity contribution is -0.141. The topological polar surface area (TPSA) is 24.3 Å². The second-order valence-electron chi connectivity index (χ2n) is 7.92. The molecule has 0 aliphatic carbocycles. The lowest BCUT2D eigenvalue weighted by atomic mass is 10.1. The lowest BCUT2D eigenvalue weighted by Crippen LogP contribution is -2.28. The van der Waals surface area contributed by atoms with Gasteiger partial charge in [-0.1, -0.05) is 38.6 Å². The normalized spacial score (nSPS) is 18.3. The molecule has 2 heterocycles. The Morgan fingerprint density at radius 1 is 1.33 bits per heavy atom. The van der Waals surface area contributed by atoms with Crippen molar-refractivity contribution in [3.8, 4) is 0 Å². The number of aryl methyl sites for hydroxylation is 1. The van der Waals surface area contributed by atoms with Gasteiger partial charge in [-0.15, -0.1) is 0 Å². The first-order chi connectivity index (χ1) is 13.8. The van der Waals surface area contributed by atoms with Crippen LogP contribution >= 0.6 is 11.6 Å². The Kier molecular flexibility index (Phi) is 7.50. The molecule has 1 aliphatic rings. The van der Waals surface area contributed by atoms with Gasteiger partial charge in [0.15, 0.2) is 5.69 Å². The van der Waals surface area contributed by atoms with Crippen molar-refractivity contribution in [2.45, 2.75) is 46.3 Å². The fourth-order valence-corrected chi connectivity index (χ4v) is 3.99. The number of imidazole rings is 1. The summed E-state index contributed by atoms with van der Waals surface area (Å²) < 4.78 is 40.7. The number of rotatable bonds is 7. The number of aromatic nitrogens is 2. The predicted molar refractivity (Wildman–Crippen MR) is 116 cm³/mol. The minimum Gasteiger partial charge on any atom is -0.371 e. The molecule has 1 unspecified atom stereocenters. The minimum absolute atomic E-state index is 0.0510. The summed E-state index contributed by atoms with van der Waals surface area (Å²) in [5.41, 5.74) is 2.13. The van der Waals surface area contributed by atoms with Crippen LogP contribution in [0.3, 0.4) is 0 Å². The highest BCUT2D eigenvalue weighted by Gasteiger charge is 2.36. The molecule has 166 valence electrons. The summed E-state index contributed by atoms with van der Waals surface area (Å²) in [7, 11) is 1.95. The zero-order valence-electron chi connectivity index (χ0n) is 18.2. The van der Waals surface area contributed by atoms with E-state index in [1.54, 1.807) is 17.6 Å². The Balaban J connectivity index is 2.25. The first-order valence-electron chi connectivity index (χ1n) is 9.86. The smallest absolute Gasteiger partial charge is 0.371 e. The van der Waals surface area contributed by atoms with Crippen molar-refractivity contribution in [2.24, 2.45) is 5.92 Å². The van der Waals surface area contributed by atoms with E-state index < -0.39 is 11.9 Å². The first kappa shape index (κ1) is 24.1. The molecular formula is C22H30ClF3N4. The summed E-state index contributed by atoms with van der Waals surface area (Å²) in [6.45, 7) is 17.0. The Labute approximate surface area is 182 Å². The molecule has 0 N–H and O–H groups in total. The van der Waals surface area contributed by atoms with Gasteiger partial charge in [0.25, 0.3) is 0 Å². The van der Waals surface area contributed by atoms with E-state index >= 15 is 0 Å². The van der Waals surface area contributed by atoms with Crippen LogP contribution < -0.4 is 0 Å². The number of likely N-dealkylation sites (tertiary alicyclic amines) is 1. The number of hydrogen-bond donors (Lipinski definition) is 0. The summed E-state index contributed by atoms with van der Waals surface area (Å²) >= 11 is 5.81. The molecule has 2 rings (SSSR count). The van der Waals surface area contributed by atoms with Crippen LogP contribution in [0.5, 0.6) is 0 Å². The lowest BCUT2D eigenvalue weighted by Gasteiger charge is -2.32. The molecule has 0 aromatic carbocycles. The number of alkyl halides is 3. The van der Waals surface area contributed by atoms with E-state index in [4.69, 9.17) is 11.6 Å². The van der Waals surface area contributed by atoms with E-state index in [1.165, 1.54) is 0 Å². The molecule has 1 fully saturated rings. The van der Waals surface area contributed by atoms with E-state index in [2.05, 4.69) is 36.9 Å². The van der Waals surface area contributed by atoms with Crippen LogP contribution in [0.25, 0.3) is 0 Å². The van der Waals surface area contributed by atoms with Gasteiger partial charge in [-0.3, -0.25) is 0 Å². The first-order valence-corrected chi connectivity index (χ1v) is 10.2. The molecule has 1 saturated heterocycles. The van der Waals surface area contributed by atoms with Gasteiger partial charge < -0.3 is 14.4 Å². The van der Waals surface area contributed by atoms with Crippen LogP contribution in [0.2, 0.25) is 0 Å². The molecule has 1 aromatic rings. The van der Waals surface area contributed by atoms with Gasteiger partial charge in [0.2, 0.25) is 0 Å². The Hall–Kier alpha value is -2.15. The summed E-state index contributed by atoms with van der Waals surface area (Å²) in [5.74, 6) is 0.613. The molecule has 1 aliphatic heterocycles. The molecule has 1 atom stereocenters. The van der Waals surface area contributed by atoms with Crippen LogP contribution in [0.1, 0.15) is 44.8 Å². The third-order valence-electron chi connectivity index (χ3n) is 5.41. The van der Waals surface area contributed by atoms with E-state index in [0.29, 0.717) is 17.4 Å². The van der Waals surface area contributed by atoms with Crippen LogP contribution in [0.4, 0.5) is 13.2 Å². The maximum absolute atomic E-state index is 13.0. The van der Waals surface area contributed by atoms with Crippen LogP contribution in [0, 0.1) is 12.8 Å². The molecule has 1 aromatic heterocycles. The Morgan fingerprint density at radius 3 is 2.47 bits per heavy atom. The van der Waals surface area contributed by atoms with E-state index in [1.807, 2.05) is 24.9 Å². The van der Waals surface area contributed by atoms with Gasteiger partial charge in [-0.05, 0) is 38.3 Å². The van der Waals surface area contributed by atoms with Crippen LogP contribution in [-0.4, -0.2) is 39.5 Å². The molecule has 0 radical (unpaired) electrons. The van der Waals surface area contributed by atoms with Crippen molar-refractivity contribution in [2.75, 3.05) is 20.1 Å². The van der Waals surface area contributed by atoms with E-state index in [9.17, 15) is 13.2 Å². The molecule has 8 heteroatoms. The largest absolute Gasteiger partial charge is 0.434 e. The highest BCUT2D eigenvalue weighted by atomic mass is 35.5. The number of hydrogen-bond acceptors (Lipinski definition) is 3. The SMILES string of the molecule is C=C(Cl)C=CC(=C)N(C)C(=C(C)N1CCC(n2cc(C(F)(F)F)nc2C)C1)C(C)C. The molecular weight excluding hydrogens is 413 g/mol. The molecule has 0 amide bonds. The maximum Gasteiger partial charge on any atom is 0.434 e. The van der Waals surface area contributed by atoms with Crippen molar-refractivity contribution >= 4 is 11.6 Å². The number of halogens is 4. The fourth-order valence-electron chi connectivity index (χ4n) is 3.93. The third kappa shape index (κ3) is 5.50. The van der Waals surface area contributed by atoms with Crippen LogP contribution in [0.15, 0.2) is 53.6 Å². The van der Waals surface area contributed by atoms with Crippen LogP contribution in [-0.2, 0) is 6.18 Å². The summed E-state index contributed by atoms with van der Waals surface area (Å²) in [6.07, 6.45) is 0.961. The third-order valence-corrected chi connectivity index (χ3v) is 5.53. The average Bonchev–Trinajstić information content (AvgIpc) is 3.25. The number of allylic oxidation sites excluding steroid dienone is 5. The number of likely N-dealkylation sites (N-methyl/N-ethyl adjacent to an activating group) is 1. The quantitative estimate of drug-likeness (QED) is 0.477. The zero-order chi connectivity index (χ0) is 22.8. The van der Waals surface area contributed by atoms with Gasteiger partial charge in [0, 0.05) is 48.5 Å². The summed E-state index contributed by atoms with van der Waals surface area (Å²) in [5, 5.41) is 0.424. The highest BCUT2D eigenvalue weighted by molar-refractivity contribution is 6.30. The van der Waals surface area contributed by atoms with Gasteiger partial charge in [0.05, 0.1) is 6.04 Å². The minimum atomic E-state index is -4.43. The fraction of sp³-hybridized carbons (Fsp3) is 0.500. The van der Waals surface area contributed by atoms with E-state index in [-0.39, 0.29) is 12.0 Å². The Morgan fingerprint density at radius 2 is 1.97 bits per heavy atom. The second-order valence-corrected chi connectivity index (χ2v) is 8.41. The summed E-state index contributed by atoms with van der Waals surface area (Å²) in [6, 6.07) is -0.0510. The Bertz CT molecular complexity index is 864. The molecule has 0 bridgehead atoms. The van der Waals surface area contributed by atoms with Gasteiger partial charge in [-0.2, -0.15) is 13.2 Å². The van der Waals surface area contributed by atoms with Crippen molar-refractivity contribution < 1.29 is 13.2 Å². The average molecular weight is 443 g/mol. The zero-order valence-corrected chi connectivity index (χ0v) is 19.0. The monoisotopic (exact) mass is 442 g/mol. The van der Waals surface area contributed by atoms with Gasteiger partial charge in [-0.25, -0.2) is 4.98 Å². The molecule has 0 saturated carbocycles. The standard InChI is InChI=1S/C22H30ClF3N4/c1-14(2)21(28(7)16(4)9-8-15(3)23)17(5)29-11-10-19(12-29)30-13-20(22(24,25)26)27-18(30)6/h8-9,13-14,19H,3-4,10-12H2,1-2,5-7H3. The predicted octanol–water partition coefficient (Wildman–Crippen LogP) is 6.10. The van der Waals surface area contributed by atoms with Gasteiger partial charge in [0.1, 0.15) is 5.82 Å². The van der Waals surface area contributed by atoms with Gasteiger partial charge >= 0.3 is 6.18 Å². The molecule has 4 nitrogen and oxygen atoms in total. The van der Waals surface area contributed by atoms with Crippen molar-refractivity contribution in [3.05, 3.63) is 65.1 Å². The maximum atomic E-state index is 13.0. The highest BCUT2D eigenvalue weighted by Crippen LogP contribution is 2.33. The second kappa shape index (κ2) is 9.33. The number of nitrogens with zero attached hydrogens (tertiary/aromatic N) is 4. The molecule has 30 heavy (non-hydrogen) atoms. The van der Waals surface area contributed by atoms with Crippen molar-refractivity contribution in [1.29, 1.82) is 0 Å². The van der Waals surface area contributed by atoms with Crippen molar-refractivity contribution in [3.63, 3.8) is 0 Å². The van der Waals surface area contributed by atoms with Crippen molar-refractivity contribution in [1.82, 2.24) is 19.4 Å². The summed E-state index contributed by atoms with van der Waals surface area (Å²) in [4.78, 5) is 7.95. The van der Waals surface area contributed by atoms with E-state index in [0.717, 1.165) is 36.3 Å². The molecule has 0 spiro atoms.